The van der Waals surface area contributed by atoms with Gasteiger partial charge in [-0.15, -0.1) is 0 Å². The van der Waals surface area contributed by atoms with Crippen molar-refractivity contribution in [2.24, 2.45) is 0 Å². The van der Waals surface area contributed by atoms with Crippen molar-refractivity contribution in [3.05, 3.63) is 42.2 Å². The Balaban J connectivity index is 1.85. The van der Waals surface area contributed by atoms with Crippen molar-refractivity contribution in [1.82, 2.24) is 15.0 Å². The maximum atomic E-state index is 5.73. The number of nitrogen functional groups attached to an aromatic ring is 1. The number of pyridine rings is 1. The summed E-state index contributed by atoms with van der Waals surface area (Å²) in [6.45, 7) is 4.79. The van der Waals surface area contributed by atoms with Gasteiger partial charge in [-0.25, -0.2) is 15.0 Å². The van der Waals surface area contributed by atoms with Gasteiger partial charge < -0.3 is 20.5 Å². The lowest BCUT2D eigenvalue weighted by Crippen LogP contribution is -2.09. The highest BCUT2D eigenvalue weighted by Gasteiger charge is 2.13. The summed E-state index contributed by atoms with van der Waals surface area (Å²) in [5.41, 5.74) is 7.35. The lowest BCUT2D eigenvalue weighted by atomic mass is 10.1. The highest BCUT2D eigenvalue weighted by molar-refractivity contribution is 5.87. The number of fused-ring (bicyclic) bond motifs is 1. The Hall–Kier alpha value is -3.09. The summed E-state index contributed by atoms with van der Waals surface area (Å²) in [4.78, 5) is 12.7. The number of hydrogen-bond donors (Lipinski definition) is 2. The molecule has 0 aliphatic carbocycles. The maximum Gasteiger partial charge on any atom is 0.166 e. The maximum absolute atomic E-state index is 5.73. The van der Waals surface area contributed by atoms with Crippen molar-refractivity contribution in [2.45, 2.75) is 26.3 Å². The molecule has 0 radical (unpaired) electrons. The van der Waals surface area contributed by atoms with Crippen molar-refractivity contribution in [2.75, 3.05) is 24.8 Å². The van der Waals surface area contributed by atoms with Gasteiger partial charge >= 0.3 is 0 Å². The van der Waals surface area contributed by atoms with Gasteiger partial charge in [0.1, 0.15) is 18.0 Å². The lowest BCUT2D eigenvalue weighted by molar-refractivity contribution is 0.294. The average molecular weight is 353 g/mol. The number of nitrogens with two attached hydrogens (primary N) is 1. The Morgan fingerprint density at radius 2 is 2.00 bits per heavy atom. The fourth-order valence-corrected chi connectivity index (χ4v) is 2.65. The van der Waals surface area contributed by atoms with Gasteiger partial charge in [0, 0.05) is 0 Å². The number of nitrogens with zero attached hydrogens (tertiary/aromatic N) is 3. The van der Waals surface area contributed by atoms with E-state index in [2.05, 4.69) is 34.1 Å². The fourth-order valence-electron chi connectivity index (χ4n) is 2.65. The molecular formula is C19H23N5O2. The molecule has 1 aromatic carbocycles. The summed E-state index contributed by atoms with van der Waals surface area (Å²) in [5, 5.41) is 4.23. The first-order chi connectivity index (χ1) is 12.6. The van der Waals surface area contributed by atoms with Crippen LogP contribution in [0.25, 0.3) is 11.0 Å². The predicted octanol–water partition coefficient (Wildman–Crippen LogP) is 3.58. The van der Waals surface area contributed by atoms with Crippen molar-refractivity contribution >= 4 is 22.7 Å². The van der Waals surface area contributed by atoms with E-state index in [4.69, 9.17) is 15.2 Å². The average Bonchev–Trinajstić information content (AvgIpc) is 2.66. The summed E-state index contributed by atoms with van der Waals surface area (Å²) < 4.78 is 11.2. The smallest absolute Gasteiger partial charge is 0.166 e. The Morgan fingerprint density at radius 1 is 1.15 bits per heavy atom. The first kappa shape index (κ1) is 17.7. The SMILES string of the molecule is CCCOc1ccc(C(C)Nc2ncnc3nc(N)ccc23)cc1OC. The normalized spacial score (nSPS) is 12.0. The Bertz CT molecular complexity index is 900. The van der Waals surface area contributed by atoms with Crippen LogP contribution in [0.2, 0.25) is 0 Å². The van der Waals surface area contributed by atoms with Crippen LogP contribution in [-0.4, -0.2) is 28.7 Å². The van der Waals surface area contributed by atoms with Gasteiger partial charge in [0.15, 0.2) is 17.1 Å². The Labute approximate surface area is 152 Å². The van der Waals surface area contributed by atoms with Crippen LogP contribution >= 0.6 is 0 Å². The number of benzene rings is 1. The monoisotopic (exact) mass is 353 g/mol. The number of methoxy groups -OCH3 is 1. The van der Waals surface area contributed by atoms with Gasteiger partial charge in [0.05, 0.1) is 25.1 Å². The first-order valence-electron chi connectivity index (χ1n) is 8.57. The Morgan fingerprint density at radius 3 is 2.77 bits per heavy atom. The van der Waals surface area contributed by atoms with Crippen molar-refractivity contribution in [1.29, 1.82) is 0 Å². The molecule has 0 amide bonds. The molecule has 1 atom stereocenters. The van der Waals surface area contributed by atoms with Crippen LogP contribution in [0.4, 0.5) is 11.6 Å². The second-order valence-electron chi connectivity index (χ2n) is 5.95. The first-order valence-corrected chi connectivity index (χ1v) is 8.57. The minimum Gasteiger partial charge on any atom is -0.493 e. The second-order valence-corrected chi connectivity index (χ2v) is 5.95. The molecule has 0 aliphatic rings. The molecule has 0 spiro atoms. The highest BCUT2D eigenvalue weighted by atomic mass is 16.5. The molecule has 2 aromatic heterocycles. The van der Waals surface area contributed by atoms with Crippen molar-refractivity contribution < 1.29 is 9.47 Å². The zero-order valence-electron chi connectivity index (χ0n) is 15.2. The van der Waals surface area contributed by atoms with Crippen LogP contribution in [0.3, 0.4) is 0 Å². The van der Waals surface area contributed by atoms with E-state index < -0.39 is 0 Å². The van der Waals surface area contributed by atoms with Crippen molar-refractivity contribution in [3.63, 3.8) is 0 Å². The number of ether oxygens (including phenoxy) is 2. The number of aromatic nitrogens is 3. The highest BCUT2D eigenvalue weighted by Crippen LogP contribution is 2.32. The van der Waals surface area contributed by atoms with Crippen molar-refractivity contribution in [3.8, 4) is 11.5 Å². The molecular weight excluding hydrogens is 330 g/mol. The van der Waals surface area contributed by atoms with E-state index in [1.807, 2.05) is 24.3 Å². The molecule has 0 aliphatic heterocycles. The molecule has 2 heterocycles. The largest absolute Gasteiger partial charge is 0.493 e. The van der Waals surface area contributed by atoms with Crippen LogP contribution < -0.4 is 20.5 Å². The number of anilines is 2. The summed E-state index contributed by atoms with van der Waals surface area (Å²) >= 11 is 0. The van der Waals surface area contributed by atoms with Gasteiger partial charge in [-0.1, -0.05) is 13.0 Å². The molecule has 7 nitrogen and oxygen atoms in total. The van der Waals surface area contributed by atoms with E-state index in [1.54, 1.807) is 13.2 Å². The second kappa shape index (κ2) is 7.86. The van der Waals surface area contributed by atoms with Crippen LogP contribution in [0.1, 0.15) is 31.9 Å². The summed E-state index contributed by atoms with van der Waals surface area (Å²) in [6.07, 6.45) is 2.42. The molecule has 0 bridgehead atoms. The molecule has 136 valence electrons. The third kappa shape index (κ3) is 3.77. The van der Waals surface area contributed by atoms with Gasteiger partial charge in [0.25, 0.3) is 0 Å². The van der Waals surface area contributed by atoms with Crippen LogP contribution in [-0.2, 0) is 0 Å². The third-order valence-corrected chi connectivity index (χ3v) is 4.02. The van der Waals surface area contributed by atoms with Gasteiger partial charge in [0.2, 0.25) is 0 Å². The van der Waals surface area contributed by atoms with Gasteiger partial charge in [-0.05, 0) is 43.2 Å². The van der Waals surface area contributed by atoms with E-state index in [9.17, 15) is 0 Å². The summed E-state index contributed by atoms with van der Waals surface area (Å²) in [5.74, 6) is 2.60. The van der Waals surface area contributed by atoms with Gasteiger partial charge in [-0.2, -0.15) is 0 Å². The molecule has 3 aromatic rings. The standard InChI is InChI=1S/C19H23N5O2/c1-4-9-26-15-7-5-13(10-16(15)25-3)12(2)23-18-14-6-8-17(20)24-19(14)22-11-21-18/h5-8,10-12H,4,9H2,1-3H3,(H3,20,21,22,23,24). The molecule has 0 fully saturated rings. The molecule has 1 unspecified atom stereocenters. The van der Waals surface area contributed by atoms with Gasteiger partial charge in [-0.3, -0.25) is 0 Å². The minimum atomic E-state index is -0.000205. The molecule has 3 N–H and O–H groups in total. The van der Waals surface area contributed by atoms with E-state index in [0.29, 0.717) is 29.6 Å². The van der Waals surface area contributed by atoms with E-state index >= 15 is 0 Å². The predicted molar refractivity (Wildman–Crippen MR) is 103 cm³/mol. The minimum absolute atomic E-state index is 0.000205. The molecule has 7 heteroatoms. The van der Waals surface area contributed by atoms with Crippen LogP contribution in [0.5, 0.6) is 11.5 Å². The summed E-state index contributed by atoms with van der Waals surface area (Å²) in [6, 6.07) is 9.54. The zero-order valence-corrected chi connectivity index (χ0v) is 15.2. The molecule has 3 rings (SSSR count). The molecule has 0 saturated carbocycles. The zero-order chi connectivity index (χ0) is 18.5. The molecule has 26 heavy (non-hydrogen) atoms. The quantitative estimate of drug-likeness (QED) is 0.670. The van der Waals surface area contributed by atoms with E-state index in [1.165, 1.54) is 6.33 Å². The lowest BCUT2D eigenvalue weighted by Gasteiger charge is -2.18. The number of rotatable bonds is 7. The van der Waals surface area contributed by atoms with Crippen LogP contribution in [0.15, 0.2) is 36.7 Å². The van der Waals surface area contributed by atoms with E-state index in [-0.39, 0.29) is 6.04 Å². The topological polar surface area (TPSA) is 95.2 Å². The number of nitrogens with one attached hydrogen (secondary N) is 1. The Kier molecular flexibility index (Phi) is 5.36. The number of hydrogen-bond acceptors (Lipinski definition) is 7. The van der Waals surface area contributed by atoms with Crippen LogP contribution in [0, 0.1) is 0 Å². The molecule has 0 saturated heterocycles. The third-order valence-electron chi connectivity index (χ3n) is 4.02. The fraction of sp³-hybridized carbons (Fsp3) is 0.316. The van der Waals surface area contributed by atoms with E-state index in [0.717, 1.165) is 23.1 Å². The summed E-state index contributed by atoms with van der Waals surface area (Å²) in [7, 11) is 1.64.